The van der Waals surface area contributed by atoms with Crippen molar-refractivity contribution in [3.63, 3.8) is 0 Å². The van der Waals surface area contributed by atoms with Crippen molar-refractivity contribution in [2.75, 3.05) is 31.6 Å². The molecule has 1 aliphatic heterocycles. The first kappa shape index (κ1) is 18.0. The van der Waals surface area contributed by atoms with Gasteiger partial charge in [-0.1, -0.05) is 43.7 Å². The molecule has 1 saturated heterocycles. The van der Waals surface area contributed by atoms with Gasteiger partial charge in [0.2, 0.25) is 0 Å². The number of anilines is 1. The fraction of sp³-hybridized carbons (Fsp3) is 0.455. The van der Waals surface area contributed by atoms with Crippen molar-refractivity contribution in [1.82, 2.24) is 19.5 Å². The van der Waals surface area contributed by atoms with E-state index in [1.807, 2.05) is 16.8 Å². The Labute approximate surface area is 161 Å². The molecule has 0 N–H and O–H groups in total. The summed E-state index contributed by atoms with van der Waals surface area (Å²) in [6.07, 6.45) is 5.22. The average Bonchev–Trinajstić information content (AvgIpc) is 3.31. The molecule has 0 radical (unpaired) electrons. The van der Waals surface area contributed by atoms with Crippen molar-refractivity contribution < 1.29 is 0 Å². The van der Waals surface area contributed by atoms with Crippen LogP contribution in [0.25, 0.3) is 5.65 Å². The number of aryl methyl sites for hydroxylation is 1. The minimum absolute atomic E-state index is 0.687. The molecule has 0 spiro atoms. The average molecular weight is 364 g/mol. The van der Waals surface area contributed by atoms with E-state index in [1.54, 1.807) is 0 Å². The lowest BCUT2D eigenvalue weighted by molar-refractivity contribution is 0.317. The number of likely N-dealkylation sites (tertiary alicyclic amines) is 1. The predicted molar refractivity (Wildman–Crippen MR) is 110 cm³/mol. The summed E-state index contributed by atoms with van der Waals surface area (Å²) in [4.78, 5) is 9.66. The molecule has 0 amide bonds. The van der Waals surface area contributed by atoms with E-state index >= 15 is 0 Å². The van der Waals surface area contributed by atoms with Gasteiger partial charge in [-0.05, 0) is 30.9 Å². The summed E-state index contributed by atoms with van der Waals surface area (Å²) in [5.74, 6) is 1.84. The molecule has 1 fully saturated rings. The third-order valence-electron chi connectivity index (χ3n) is 5.44. The first-order valence-corrected chi connectivity index (χ1v) is 10.0. The molecule has 0 bridgehead atoms. The van der Waals surface area contributed by atoms with Gasteiger partial charge in [0.1, 0.15) is 5.82 Å². The highest BCUT2D eigenvalue weighted by atomic mass is 15.3. The molecule has 0 saturated carbocycles. The molecule has 2 aromatic heterocycles. The summed E-state index contributed by atoms with van der Waals surface area (Å²) < 4.78 is 1.97. The van der Waals surface area contributed by atoms with Crippen LogP contribution in [0.5, 0.6) is 0 Å². The molecule has 5 nitrogen and oxygen atoms in total. The second kappa shape index (κ2) is 8.09. The molecular formula is C22H29N5. The van der Waals surface area contributed by atoms with Crippen molar-refractivity contribution in [1.29, 1.82) is 0 Å². The Morgan fingerprint density at radius 1 is 1.19 bits per heavy atom. The molecule has 3 heterocycles. The zero-order valence-electron chi connectivity index (χ0n) is 16.4. The molecule has 1 aromatic carbocycles. The van der Waals surface area contributed by atoms with Gasteiger partial charge in [-0.15, -0.1) is 0 Å². The summed E-state index contributed by atoms with van der Waals surface area (Å²) in [6.45, 7) is 6.65. The van der Waals surface area contributed by atoms with Crippen molar-refractivity contribution >= 4 is 11.5 Å². The van der Waals surface area contributed by atoms with E-state index in [4.69, 9.17) is 4.98 Å². The van der Waals surface area contributed by atoms with E-state index in [0.29, 0.717) is 5.92 Å². The zero-order chi connectivity index (χ0) is 18.6. The highest BCUT2D eigenvalue weighted by Crippen LogP contribution is 2.23. The van der Waals surface area contributed by atoms with Crippen LogP contribution in [0.4, 0.5) is 5.82 Å². The first-order valence-electron chi connectivity index (χ1n) is 10.0. The number of benzene rings is 1. The summed E-state index contributed by atoms with van der Waals surface area (Å²) in [5.41, 5.74) is 3.51. The van der Waals surface area contributed by atoms with E-state index in [1.165, 1.54) is 18.5 Å². The molecule has 5 heteroatoms. The van der Waals surface area contributed by atoms with E-state index in [9.17, 15) is 0 Å². The van der Waals surface area contributed by atoms with Gasteiger partial charge in [-0.3, -0.25) is 4.90 Å². The normalized spacial score (nSPS) is 17.6. The number of hydrogen-bond donors (Lipinski definition) is 0. The van der Waals surface area contributed by atoms with Crippen LogP contribution in [-0.2, 0) is 13.0 Å². The number of nitrogens with zero attached hydrogens (tertiary/aromatic N) is 5. The van der Waals surface area contributed by atoms with Crippen LogP contribution in [-0.4, -0.2) is 46.2 Å². The third-order valence-corrected chi connectivity index (χ3v) is 5.44. The monoisotopic (exact) mass is 363 g/mol. The maximum atomic E-state index is 4.72. The Kier molecular flexibility index (Phi) is 5.39. The molecule has 0 aliphatic carbocycles. The van der Waals surface area contributed by atoms with Gasteiger partial charge in [0.25, 0.3) is 0 Å². The van der Waals surface area contributed by atoms with Crippen LogP contribution in [0, 0.1) is 5.92 Å². The lowest BCUT2D eigenvalue weighted by Gasteiger charge is -2.24. The van der Waals surface area contributed by atoms with Crippen LogP contribution in [0.2, 0.25) is 0 Å². The minimum atomic E-state index is 0.687. The van der Waals surface area contributed by atoms with Gasteiger partial charge in [0.05, 0.1) is 6.20 Å². The van der Waals surface area contributed by atoms with Crippen LogP contribution in [0.1, 0.15) is 31.0 Å². The second-order valence-electron chi connectivity index (χ2n) is 7.71. The maximum Gasteiger partial charge on any atom is 0.157 e. The number of rotatable bonds is 7. The van der Waals surface area contributed by atoms with Crippen molar-refractivity contribution in [2.24, 2.45) is 5.92 Å². The lowest BCUT2D eigenvalue weighted by Crippen LogP contribution is -2.29. The highest BCUT2D eigenvalue weighted by Gasteiger charge is 2.24. The quantitative estimate of drug-likeness (QED) is 0.642. The Balaban J connectivity index is 1.43. The number of fused-ring (bicyclic) bond motifs is 1. The first-order chi connectivity index (χ1) is 13.2. The van der Waals surface area contributed by atoms with Crippen molar-refractivity contribution in [3.8, 4) is 0 Å². The molecule has 1 aliphatic rings. The molecule has 1 atom stereocenters. The molecule has 1 unspecified atom stereocenters. The second-order valence-corrected chi connectivity index (χ2v) is 7.71. The van der Waals surface area contributed by atoms with Gasteiger partial charge in [0.15, 0.2) is 5.65 Å². The Morgan fingerprint density at radius 3 is 2.85 bits per heavy atom. The van der Waals surface area contributed by atoms with Gasteiger partial charge in [-0.25, -0.2) is 4.98 Å². The van der Waals surface area contributed by atoms with Gasteiger partial charge in [-0.2, -0.15) is 9.61 Å². The standard InChI is InChI=1S/C22H29N5/c1-3-7-20-14-22(27-21(24-20)10-12-23-27)25(2)15-19-11-13-26(17-19)16-18-8-5-4-6-9-18/h4-6,8-10,12,14,19H,3,7,11,13,15-17H2,1-2H3. The summed E-state index contributed by atoms with van der Waals surface area (Å²) in [7, 11) is 2.19. The Morgan fingerprint density at radius 2 is 2.04 bits per heavy atom. The SMILES string of the molecule is CCCc1cc(N(C)CC2CCN(Cc3ccccc3)C2)n2nccc2n1. The maximum absolute atomic E-state index is 4.72. The van der Waals surface area contributed by atoms with E-state index < -0.39 is 0 Å². The summed E-state index contributed by atoms with van der Waals surface area (Å²) in [5, 5.41) is 4.49. The molecule has 27 heavy (non-hydrogen) atoms. The van der Waals surface area contributed by atoms with Crippen LogP contribution < -0.4 is 4.90 Å². The lowest BCUT2D eigenvalue weighted by atomic mass is 10.1. The third kappa shape index (κ3) is 4.14. The number of aromatic nitrogens is 3. The fourth-order valence-electron chi connectivity index (χ4n) is 4.13. The topological polar surface area (TPSA) is 36.7 Å². The molecule has 3 aromatic rings. The smallest absolute Gasteiger partial charge is 0.157 e. The number of hydrogen-bond acceptors (Lipinski definition) is 4. The van der Waals surface area contributed by atoms with Crippen LogP contribution in [0.15, 0.2) is 48.7 Å². The van der Waals surface area contributed by atoms with Gasteiger partial charge < -0.3 is 4.90 Å². The Bertz CT molecular complexity index is 873. The van der Waals surface area contributed by atoms with Crippen LogP contribution >= 0.6 is 0 Å². The predicted octanol–water partition coefficient (Wildman–Crippen LogP) is 3.64. The minimum Gasteiger partial charge on any atom is -0.359 e. The van der Waals surface area contributed by atoms with Crippen molar-refractivity contribution in [3.05, 3.63) is 59.9 Å². The van der Waals surface area contributed by atoms with Gasteiger partial charge >= 0.3 is 0 Å². The largest absolute Gasteiger partial charge is 0.359 e. The van der Waals surface area contributed by atoms with E-state index in [0.717, 1.165) is 49.6 Å². The van der Waals surface area contributed by atoms with E-state index in [-0.39, 0.29) is 0 Å². The zero-order valence-corrected chi connectivity index (χ0v) is 16.4. The van der Waals surface area contributed by atoms with Crippen LogP contribution in [0.3, 0.4) is 0 Å². The molecule has 4 rings (SSSR count). The van der Waals surface area contributed by atoms with Crippen molar-refractivity contribution in [2.45, 2.75) is 32.7 Å². The molecule has 142 valence electrons. The fourth-order valence-corrected chi connectivity index (χ4v) is 4.13. The van der Waals surface area contributed by atoms with Gasteiger partial charge in [0, 0.05) is 44.5 Å². The Hall–Kier alpha value is -2.40. The summed E-state index contributed by atoms with van der Waals surface area (Å²) >= 11 is 0. The molecular weight excluding hydrogens is 334 g/mol. The summed E-state index contributed by atoms with van der Waals surface area (Å²) in [6, 6.07) is 15.0. The highest BCUT2D eigenvalue weighted by molar-refractivity contribution is 5.50. The van der Waals surface area contributed by atoms with E-state index in [2.05, 4.69) is 65.3 Å².